The molecule has 0 atom stereocenters. The number of carbonyl (C=O) groups excluding carboxylic acids is 2. The maximum atomic E-state index is 13.3. The Bertz CT molecular complexity index is 1730. The maximum absolute atomic E-state index is 13.3. The van der Waals surface area contributed by atoms with E-state index >= 15 is 0 Å². The summed E-state index contributed by atoms with van der Waals surface area (Å²) in [5.41, 5.74) is 7.09. The fourth-order valence-corrected chi connectivity index (χ4v) is 4.91. The van der Waals surface area contributed by atoms with E-state index in [2.05, 4.69) is 25.6 Å². The molecule has 0 unspecified atom stereocenters. The van der Waals surface area contributed by atoms with Crippen molar-refractivity contribution >= 4 is 73.6 Å². The first kappa shape index (κ1) is 27.9. The van der Waals surface area contributed by atoms with E-state index in [-0.39, 0.29) is 91.1 Å². The van der Waals surface area contributed by atoms with Crippen LogP contribution >= 0.6 is 23.2 Å². The molecule has 0 saturated carbocycles. The minimum Gasteiger partial charge on any atom is -0.744 e. The van der Waals surface area contributed by atoms with Gasteiger partial charge in [0.1, 0.15) is 10.1 Å². The molecule has 15 heteroatoms. The van der Waals surface area contributed by atoms with Crippen molar-refractivity contribution in [3.05, 3.63) is 87.4 Å². The molecule has 1 heterocycles. The monoisotopic (exact) mass is 578 g/mol. The van der Waals surface area contributed by atoms with Crippen molar-refractivity contribution in [2.24, 2.45) is 0 Å². The maximum Gasteiger partial charge on any atom is 1.00 e. The summed E-state index contributed by atoms with van der Waals surface area (Å²) in [5.74, 6) is -1.02. The second-order valence-electron chi connectivity index (χ2n) is 7.77. The number of hydrogen-bond acceptors (Lipinski definition) is 11. The molecule has 0 aliphatic heterocycles. The summed E-state index contributed by atoms with van der Waals surface area (Å²) in [5, 5.41) is 5.07. The number of fused-ring (bicyclic) bond motifs is 2. The topological polar surface area (TPSA) is 180 Å². The Kier molecular flexibility index (Phi) is 7.77. The Morgan fingerprint density at radius 1 is 0.789 bits per heavy atom. The molecule has 1 aliphatic rings. The van der Waals surface area contributed by atoms with E-state index in [1.165, 1.54) is 24.3 Å². The van der Waals surface area contributed by atoms with Crippen molar-refractivity contribution in [1.82, 2.24) is 15.0 Å². The van der Waals surface area contributed by atoms with Gasteiger partial charge < -0.3 is 20.9 Å². The van der Waals surface area contributed by atoms with Crippen LogP contribution in [0, 0.1) is 0 Å². The average Bonchev–Trinajstić information content (AvgIpc) is 2.82. The van der Waals surface area contributed by atoms with E-state index in [1.54, 1.807) is 24.3 Å². The number of ketones is 2. The van der Waals surface area contributed by atoms with Gasteiger partial charge in [0.2, 0.25) is 16.5 Å². The van der Waals surface area contributed by atoms with Crippen LogP contribution in [-0.4, -0.2) is 39.5 Å². The van der Waals surface area contributed by atoms with Gasteiger partial charge in [-0.05, 0) is 53.5 Å². The summed E-state index contributed by atoms with van der Waals surface area (Å²) < 4.78 is 35.6. The normalized spacial score (nSPS) is 12.3. The molecule has 0 fully saturated rings. The molecule has 0 radical (unpaired) electrons. The smallest absolute Gasteiger partial charge is 0.744 e. The number of halogens is 2. The molecule has 4 aromatic rings. The number of carbonyl (C=O) groups is 2. The minimum atomic E-state index is -4.93. The molecule has 5 rings (SSSR count). The molecule has 186 valence electrons. The number of rotatable bonds is 5. The number of nitrogens with two attached hydrogens (primary N) is 1. The van der Waals surface area contributed by atoms with E-state index < -0.39 is 26.6 Å². The predicted molar refractivity (Wildman–Crippen MR) is 135 cm³/mol. The molecule has 1 aliphatic carbocycles. The Hall–Kier alpha value is -3.10. The van der Waals surface area contributed by atoms with Crippen molar-refractivity contribution in [3.63, 3.8) is 0 Å². The summed E-state index contributed by atoms with van der Waals surface area (Å²) in [7, 11) is -4.93. The molecule has 0 saturated heterocycles. The molecule has 3 aromatic carbocycles. The largest absolute Gasteiger partial charge is 1.00 e. The zero-order chi connectivity index (χ0) is 26.5. The van der Waals surface area contributed by atoms with Crippen molar-refractivity contribution in [2.75, 3.05) is 16.4 Å². The van der Waals surface area contributed by atoms with Crippen molar-refractivity contribution in [1.29, 1.82) is 0 Å². The Balaban J connectivity index is 0.00000336. The van der Waals surface area contributed by atoms with E-state index in [0.717, 1.165) is 6.07 Å². The third kappa shape index (κ3) is 5.24. The Labute approximate surface area is 247 Å². The Morgan fingerprint density at radius 2 is 1.39 bits per heavy atom. The third-order valence-corrected chi connectivity index (χ3v) is 6.70. The van der Waals surface area contributed by atoms with E-state index in [1.807, 2.05) is 0 Å². The number of benzene rings is 3. The molecule has 4 N–H and O–H groups in total. The summed E-state index contributed by atoms with van der Waals surface area (Å²) in [6, 6.07) is 13.0. The molecular formula is C23H13Cl2N6NaO5S. The summed E-state index contributed by atoms with van der Waals surface area (Å²) in [6.45, 7) is 0. The predicted octanol–water partition coefficient (Wildman–Crippen LogP) is 0.931. The van der Waals surface area contributed by atoms with E-state index in [4.69, 9.17) is 28.9 Å². The van der Waals surface area contributed by atoms with Crippen LogP contribution in [-0.2, 0) is 10.1 Å². The number of nitrogens with zero attached hydrogens (tertiary/aromatic N) is 3. The van der Waals surface area contributed by atoms with Crippen molar-refractivity contribution < 1.29 is 52.1 Å². The zero-order valence-corrected chi connectivity index (χ0v) is 23.6. The summed E-state index contributed by atoms with van der Waals surface area (Å²) in [4.78, 5) is 37.1. The van der Waals surface area contributed by atoms with Crippen molar-refractivity contribution in [2.45, 2.75) is 4.90 Å². The van der Waals surface area contributed by atoms with Crippen LogP contribution in [0.5, 0.6) is 0 Å². The SMILES string of the molecule is Nc1ccc(Nc2ccc(S(=O)(=O)[O-])c(Nc3nc(Cl)nc(Cl)n3)c2)c2c1C(=O)c1ccccc1C2=O.[Na+]. The molecule has 0 spiro atoms. The van der Waals surface area contributed by atoms with Gasteiger partial charge in [0.05, 0.1) is 27.4 Å². The number of nitrogen functional groups attached to an aromatic ring is 1. The molecule has 1 aromatic heterocycles. The summed E-state index contributed by atoms with van der Waals surface area (Å²) >= 11 is 11.6. The zero-order valence-electron chi connectivity index (χ0n) is 19.3. The van der Waals surface area contributed by atoms with Crippen LogP contribution in [0.2, 0.25) is 10.6 Å². The van der Waals surface area contributed by atoms with Gasteiger partial charge in [-0.1, -0.05) is 24.3 Å². The van der Waals surface area contributed by atoms with E-state index in [0.29, 0.717) is 0 Å². The Morgan fingerprint density at radius 3 is 2.00 bits per heavy atom. The average molecular weight is 579 g/mol. The second-order valence-corrected chi connectivity index (χ2v) is 9.79. The van der Waals surface area contributed by atoms with Crippen LogP contribution in [0.25, 0.3) is 0 Å². The van der Waals surface area contributed by atoms with Gasteiger partial charge in [-0.25, -0.2) is 8.42 Å². The number of aromatic nitrogens is 3. The molecule has 11 nitrogen and oxygen atoms in total. The first-order valence-electron chi connectivity index (χ1n) is 10.3. The van der Waals surface area contributed by atoms with Gasteiger partial charge >= 0.3 is 29.6 Å². The molecule has 0 bridgehead atoms. The molecular weight excluding hydrogens is 566 g/mol. The van der Waals surface area contributed by atoms with Gasteiger partial charge in [-0.15, -0.1) is 0 Å². The molecule has 0 amide bonds. The number of hydrogen-bond donors (Lipinski definition) is 3. The first-order chi connectivity index (χ1) is 17.5. The second kappa shape index (κ2) is 10.6. The quantitative estimate of drug-likeness (QED) is 0.153. The minimum absolute atomic E-state index is 0. The van der Waals surface area contributed by atoms with Crippen LogP contribution < -0.4 is 45.9 Å². The van der Waals surface area contributed by atoms with Gasteiger partial charge in [0.25, 0.3) is 0 Å². The van der Waals surface area contributed by atoms with Crippen molar-refractivity contribution in [3.8, 4) is 0 Å². The van der Waals surface area contributed by atoms with Gasteiger partial charge in [0.15, 0.2) is 11.6 Å². The number of nitrogens with one attached hydrogen (secondary N) is 2. The standard InChI is InChI=1S/C23H14Cl2N6O5S.Na/c24-21-29-22(25)31-23(30-21)28-15-9-10(5-8-16(15)37(34,35)36)27-14-7-6-13(26)17-18(14)20(33)12-4-2-1-3-11(12)19(17)32;/h1-9,27H,26H2,(H,34,35,36)(H,28,29,30,31);/q;+1/p-1. The van der Waals surface area contributed by atoms with Crippen LogP contribution in [0.3, 0.4) is 0 Å². The van der Waals surface area contributed by atoms with Crippen LogP contribution in [0.4, 0.5) is 28.7 Å². The third-order valence-electron chi connectivity index (χ3n) is 5.46. The van der Waals surface area contributed by atoms with Gasteiger partial charge in [0, 0.05) is 22.5 Å². The van der Waals surface area contributed by atoms with E-state index in [9.17, 15) is 22.6 Å². The van der Waals surface area contributed by atoms with Crippen LogP contribution in [0.15, 0.2) is 59.5 Å². The fourth-order valence-electron chi connectivity index (χ4n) is 3.93. The fraction of sp³-hybridized carbons (Fsp3) is 0. The number of anilines is 5. The van der Waals surface area contributed by atoms with Crippen LogP contribution in [0.1, 0.15) is 31.8 Å². The van der Waals surface area contributed by atoms with Gasteiger partial charge in [-0.2, -0.15) is 15.0 Å². The van der Waals surface area contributed by atoms with Gasteiger partial charge in [-0.3, -0.25) is 9.59 Å². The first-order valence-corrected chi connectivity index (χ1v) is 12.5. The summed E-state index contributed by atoms with van der Waals surface area (Å²) in [6.07, 6.45) is 0. The molecule has 38 heavy (non-hydrogen) atoms.